The maximum absolute atomic E-state index is 13.5. The lowest BCUT2D eigenvalue weighted by Gasteiger charge is -2.36. The van der Waals surface area contributed by atoms with E-state index in [-0.39, 0.29) is 6.42 Å². The first-order valence-corrected chi connectivity index (χ1v) is 7.22. The van der Waals surface area contributed by atoms with Gasteiger partial charge in [-0.25, -0.2) is 13.8 Å². The molecule has 3 rings (SSSR count). The van der Waals surface area contributed by atoms with E-state index in [0.29, 0.717) is 30.8 Å². The number of aromatic nitrogens is 2. The van der Waals surface area contributed by atoms with Crippen LogP contribution in [-0.4, -0.2) is 39.2 Å². The third-order valence-corrected chi connectivity index (χ3v) is 4.23. The highest BCUT2D eigenvalue weighted by Gasteiger charge is 2.40. The van der Waals surface area contributed by atoms with E-state index >= 15 is 0 Å². The molecule has 0 aromatic carbocycles. The fourth-order valence-electron chi connectivity index (χ4n) is 2.93. The van der Waals surface area contributed by atoms with Crippen molar-refractivity contribution in [3.05, 3.63) is 35.8 Å². The number of fused-ring (bicyclic) bond motifs is 1. The van der Waals surface area contributed by atoms with Crippen LogP contribution in [0, 0.1) is 5.92 Å². The Balaban J connectivity index is 1.84. The lowest BCUT2D eigenvalue weighted by atomic mass is 9.95. The van der Waals surface area contributed by atoms with Gasteiger partial charge in [0.25, 0.3) is 11.8 Å². The van der Waals surface area contributed by atoms with Gasteiger partial charge in [0.05, 0.1) is 5.56 Å². The number of hydrogen-bond donors (Lipinski definition) is 1. The summed E-state index contributed by atoms with van der Waals surface area (Å²) in [5.41, 5.74) is 7.11. The third-order valence-electron chi connectivity index (χ3n) is 4.23. The van der Waals surface area contributed by atoms with Crippen molar-refractivity contribution in [2.75, 3.05) is 13.1 Å². The highest BCUT2D eigenvalue weighted by Crippen LogP contribution is 2.33. The van der Waals surface area contributed by atoms with E-state index in [0.717, 1.165) is 5.56 Å². The zero-order valence-corrected chi connectivity index (χ0v) is 12.3. The summed E-state index contributed by atoms with van der Waals surface area (Å²) in [5.74, 6) is -3.81. The van der Waals surface area contributed by atoms with Gasteiger partial charge in [-0.2, -0.15) is 0 Å². The molecule has 1 aliphatic rings. The zero-order valence-electron chi connectivity index (χ0n) is 12.3. The van der Waals surface area contributed by atoms with Gasteiger partial charge in [0.1, 0.15) is 5.65 Å². The Morgan fingerprint density at radius 2 is 2.32 bits per heavy atom. The van der Waals surface area contributed by atoms with Crippen LogP contribution in [0.25, 0.3) is 5.65 Å². The summed E-state index contributed by atoms with van der Waals surface area (Å²) >= 11 is 0. The molecule has 0 saturated carbocycles. The van der Waals surface area contributed by atoms with Gasteiger partial charge < -0.3 is 10.1 Å². The number of primary amides is 1. The molecule has 1 saturated heterocycles. The normalized spacial score (nSPS) is 22.0. The van der Waals surface area contributed by atoms with Crippen LogP contribution >= 0.6 is 0 Å². The Labute approximate surface area is 126 Å². The molecule has 0 spiro atoms. The lowest BCUT2D eigenvalue weighted by molar-refractivity contribution is -0.100. The summed E-state index contributed by atoms with van der Waals surface area (Å²) in [6.07, 6.45) is 5.05. The minimum Gasteiger partial charge on any atom is -0.365 e. The molecule has 0 aliphatic carbocycles. The van der Waals surface area contributed by atoms with E-state index in [4.69, 9.17) is 5.73 Å². The second kappa shape index (κ2) is 5.31. The minimum atomic E-state index is -2.59. The molecule has 22 heavy (non-hydrogen) atoms. The molecule has 3 heterocycles. The number of amides is 1. The van der Waals surface area contributed by atoms with Gasteiger partial charge in [-0.05, 0) is 11.6 Å². The summed E-state index contributed by atoms with van der Waals surface area (Å²) in [7, 11) is 0. The van der Waals surface area contributed by atoms with Crippen molar-refractivity contribution in [3.8, 4) is 0 Å². The topological polar surface area (TPSA) is 63.6 Å². The van der Waals surface area contributed by atoms with Crippen LogP contribution in [0.15, 0.2) is 24.7 Å². The van der Waals surface area contributed by atoms with Crippen molar-refractivity contribution in [3.63, 3.8) is 0 Å². The molecule has 2 N–H and O–H groups in total. The highest BCUT2D eigenvalue weighted by molar-refractivity contribution is 5.98. The van der Waals surface area contributed by atoms with Crippen molar-refractivity contribution in [1.82, 2.24) is 14.3 Å². The van der Waals surface area contributed by atoms with Gasteiger partial charge in [0.15, 0.2) is 0 Å². The standard InChI is InChI=1S/C15H18F2N4O/c1-10-7-20(4-2-15(10,16)17)8-11-6-12(13(18)22)14-19-3-5-21(14)9-11/h3,5-6,9-10H,2,4,7-8H2,1H3,(H2,18,22)/t10-/m1/s1. The first-order chi connectivity index (χ1) is 10.4. The Kier molecular flexibility index (Phi) is 3.60. The van der Waals surface area contributed by atoms with Crippen molar-refractivity contribution < 1.29 is 13.6 Å². The number of nitrogens with two attached hydrogens (primary N) is 1. The molecule has 2 aromatic heterocycles. The van der Waals surface area contributed by atoms with Gasteiger partial charge in [-0.3, -0.25) is 9.69 Å². The Morgan fingerprint density at radius 1 is 1.55 bits per heavy atom. The molecular formula is C15H18F2N4O. The third kappa shape index (κ3) is 2.68. The Morgan fingerprint density at radius 3 is 3.00 bits per heavy atom. The van der Waals surface area contributed by atoms with Crippen LogP contribution in [0.5, 0.6) is 0 Å². The van der Waals surface area contributed by atoms with Crippen molar-refractivity contribution in [2.45, 2.75) is 25.8 Å². The second-order valence-electron chi connectivity index (χ2n) is 5.93. The van der Waals surface area contributed by atoms with Gasteiger partial charge in [-0.1, -0.05) is 6.92 Å². The van der Waals surface area contributed by atoms with E-state index in [1.165, 1.54) is 0 Å². The molecule has 0 bridgehead atoms. The summed E-state index contributed by atoms with van der Waals surface area (Å²) in [6.45, 7) is 2.75. The number of nitrogens with zero attached hydrogens (tertiary/aromatic N) is 3. The smallest absolute Gasteiger partial charge is 0.253 e. The largest absolute Gasteiger partial charge is 0.365 e. The Hall–Kier alpha value is -2.02. The zero-order chi connectivity index (χ0) is 15.9. The van der Waals surface area contributed by atoms with Crippen LogP contribution in [0.4, 0.5) is 8.78 Å². The van der Waals surface area contributed by atoms with Crippen LogP contribution in [0.3, 0.4) is 0 Å². The number of carbonyl (C=O) groups excluding carboxylic acids is 1. The van der Waals surface area contributed by atoms with Crippen LogP contribution < -0.4 is 5.73 Å². The number of halogens is 2. The SMILES string of the molecule is C[C@@H]1CN(Cc2cc(C(N)=O)c3nccn3c2)CCC1(F)F. The number of hydrogen-bond acceptors (Lipinski definition) is 3. The monoisotopic (exact) mass is 308 g/mol. The van der Waals surface area contributed by atoms with Crippen molar-refractivity contribution >= 4 is 11.6 Å². The van der Waals surface area contributed by atoms with E-state index in [9.17, 15) is 13.6 Å². The average Bonchev–Trinajstić information content (AvgIpc) is 2.90. The minimum absolute atomic E-state index is 0.135. The summed E-state index contributed by atoms with van der Waals surface area (Å²) in [4.78, 5) is 17.6. The number of alkyl halides is 2. The summed E-state index contributed by atoms with van der Waals surface area (Å²) in [6, 6.07) is 1.70. The number of imidazole rings is 1. The Bertz CT molecular complexity index is 713. The van der Waals surface area contributed by atoms with Gasteiger partial charge in [0, 0.05) is 50.6 Å². The first-order valence-electron chi connectivity index (χ1n) is 7.22. The predicted octanol–water partition coefficient (Wildman–Crippen LogP) is 1.91. The molecule has 118 valence electrons. The highest BCUT2D eigenvalue weighted by atomic mass is 19.3. The molecule has 1 atom stereocenters. The van der Waals surface area contributed by atoms with Crippen LogP contribution in [0.1, 0.15) is 29.3 Å². The van der Waals surface area contributed by atoms with Crippen LogP contribution in [0.2, 0.25) is 0 Å². The van der Waals surface area contributed by atoms with E-state index in [1.54, 1.807) is 29.8 Å². The number of carbonyl (C=O) groups is 1. The fourth-order valence-corrected chi connectivity index (χ4v) is 2.93. The quantitative estimate of drug-likeness (QED) is 0.942. The maximum atomic E-state index is 13.5. The number of pyridine rings is 1. The molecule has 1 amide bonds. The predicted molar refractivity (Wildman–Crippen MR) is 77.7 cm³/mol. The van der Waals surface area contributed by atoms with E-state index in [1.807, 2.05) is 11.1 Å². The second-order valence-corrected chi connectivity index (χ2v) is 5.93. The molecule has 1 fully saturated rings. The molecular weight excluding hydrogens is 290 g/mol. The van der Waals surface area contributed by atoms with Crippen LogP contribution in [-0.2, 0) is 6.54 Å². The molecule has 0 unspecified atom stereocenters. The molecule has 7 heteroatoms. The van der Waals surface area contributed by atoms with Gasteiger partial charge in [-0.15, -0.1) is 0 Å². The number of piperidine rings is 1. The lowest BCUT2D eigenvalue weighted by Crippen LogP contribution is -2.45. The van der Waals surface area contributed by atoms with E-state index < -0.39 is 17.7 Å². The first kappa shape index (κ1) is 14.9. The van der Waals surface area contributed by atoms with Crippen molar-refractivity contribution in [2.24, 2.45) is 11.7 Å². The molecule has 5 nitrogen and oxygen atoms in total. The van der Waals surface area contributed by atoms with Gasteiger partial charge >= 0.3 is 0 Å². The van der Waals surface area contributed by atoms with Gasteiger partial charge in [0.2, 0.25) is 0 Å². The number of likely N-dealkylation sites (tertiary alicyclic amines) is 1. The molecule has 0 radical (unpaired) electrons. The fraction of sp³-hybridized carbons (Fsp3) is 0.467. The summed E-state index contributed by atoms with van der Waals surface area (Å²) < 4.78 is 28.8. The number of rotatable bonds is 3. The molecule has 1 aliphatic heterocycles. The average molecular weight is 308 g/mol. The van der Waals surface area contributed by atoms with Crippen molar-refractivity contribution in [1.29, 1.82) is 0 Å². The molecule has 2 aromatic rings. The van der Waals surface area contributed by atoms with E-state index in [2.05, 4.69) is 4.98 Å². The summed E-state index contributed by atoms with van der Waals surface area (Å²) in [5, 5.41) is 0. The maximum Gasteiger partial charge on any atom is 0.253 e.